The predicted octanol–water partition coefficient (Wildman–Crippen LogP) is 2.83. The van der Waals surface area contributed by atoms with Gasteiger partial charge in [0.15, 0.2) is 5.60 Å². The van der Waals surface area contributed by atoms with Crippen molar-refractivity contribution in [2.24, 2.45) is 5.92 Å². The van der Waals surface area contributed by atoms with E-state index in [0.717, 1.165) is 30.4 Å². The van der Waals surface area contributed by atoms with E-state index in [2.05, 4.69) is 11.8 Å². The Morgan fingerprint density at radius 3 is 2.79 bits per heavy atom. The Morgan fingerprint density at radius 1 is 1.31 bits per heavy atom. The number of hydrogen-bond acceptors (Lipinski definition) is 5. The van der Waals surface area contributed by atoms with Crippen LogP contribution in [0.5, 0.6) is 0 Å². The van der Waals surface area contributed by atoms with Crippen LogP contribution in [0.4, 0.5) is 4.79 Å². The normalized spacial score (nSPS) is 25.8. The maximum Gasteiger partial charge on any atom is 0.409 e. The Bertz CT molecular complexity index is 826. The lowest BCUT2D eigenvalue weighted by atomic mass is 9.72. The van der Waals surface area contributed by atoms with Gasteiger partial charge in [-0.05, 0) is 70.3 Å². The Kier molecular flexibility index (Phi) is 6.49. The fourth-order valence-corrected chi connectivity index (χ4v) is 4.56. The van der Waals surface area contributed by atoms with Gasteiger partial charge in [-0.2, -0.15) is 0 Å². The summed E-state index contributed by atoms with van der Waals surface area (Å²) in [6.45, 7) is 2.83. The van der Waals surface area contributed by atoms with Crippen LogP contribution in [-0.4, -0.2) is 67.8 Å². The molecule has 0 radical (unpaired) electrons. The van der Waals surface area contributed by atoms with Gasteiger partial charge in [0.25, 0.3) is 0 Å². The average molecular weight is 399 g/mol. The number of carbonyl (C=O) groups is 2. The molecular weight excluding hydrogens is 368 g/mol. The van der Waals surface area contributed by atoms with E-state index < -0.39 is 5.60 Å². The first-order valence-electron chi connectivity index (χ1n) is 10.2. The van der Waals surface area contributed by atoms with Crippen LogP contribution in [0.1, 0.15) is 36.8 Å². The molecule has 1 heterocycles. The van der Waals surface area contributed by atoms with Gasteiger partial charge in [0.1, 0.15) is 0 Å². The first-order valence-corrected chi connectivity index (χ1v) is 10.2. The fourth-order valence-electron chi connectivity index (χ4n) is 4.56. The van der Waals surface area contributed by atoms with Gasteiger partial charge in [0.05, 0.1) is 13.7 Å². The number of carbonyl (C=O) groups excluding carboxylic acids is 2. The fraction of sp³-hybridized carbons (Fsp3) is 0.565. The zero-order valence-corrected chi connectivity index (χ0v) is 17.7. The molecular formula is C23H30N2O4. The molecule has 1 saturated heterocycles. The number of ether oxygens (including phenoxy) is 2. The van der Waals surface area contributed by atoms with E-state index in [1.807, 2.05) is 45.3 Å². The number of methoxy groups -OCH3 is 1. The molecule has 0 unspecified atom stereocenters. The van der Waals surface area contributed by atoms with Crippen LogP contribution in [0.2, 0.25) is 0 Å². The third kappa shape index (κ3) is 4.73. The third-order valence-electron chi connectivity index (χ3n) is 5.78. The number of fused-ring (bicyclic) bond motifs is 1. The summed E-state index contributed by atoms with van der Waals surface area (Å²) in [6, 6.07) is 7.97. The van der Waals surface area contributed by atoms with Crippen LogP contribution >= 0.6 is 0 Å². The van der Waals surface area contributed by atoms with Crippen LogP contribution in [0.3, 0.4) is 0 Å². The number of hydrogen-bond donors (Lipinski definition) is 0. The number of amides is 1. The number of aryl methyl sites for hydroxylation is 1. The molecule has 0 bridgehead atoms. The van der Waals surface area contributed by atoms with Gasteiger partial charge < -0.3 is 14.4 Å². The molecule has 6 nitrogen and oxygen atoms in total. The Balaban J connectivity index is 1.95. The number of likely N-dealkylation sites (tertiary alicyclic amines) is 1. The van der Waals surface area contributed by atoms with Crippen molar-refractivity contribution in [3.8, 4) is 11.8 Å². The molecule has 2 aliphatic rings. The van der Waals surface area contributed by atoms with Gasteiger partial charge in [-0.25, -0.2) is 4.79 Å². The number of likely N-dealkylation sites (N-methyl/N-ethyl adjacent to an activating group) is 1. The smallest absolute Gasteiger partial charge is 0.409 e. The second-order valence-corrected chi connectivity index (χ2v) is 8.24. The minimum atomic E-state index is -0.886. The molecule has 1 aromatic carbocycles. The van der Waals surface area contributed by atoms with Gasteiger partial charge in [0, 0.05) is 24.1 Å². The lowest BCUT2D eigenvalue weighted by Gasteiger charge is -2.42. The summed E-state index contributed by atoms with van der Waals surface area (Å²) >= 11 is 0. The summed E-state index contributed by atoms with van der Waals surface area (Å²) in [7, 11) is 5.08. The summed E-state index contributed by atoms with van der Waals surface area (Å²) in [6.07, 6.45) is 2.82. The van der Waals surface area contributed by atoms with Gasteiger partial charge >= 0.3 is 12.1 Å². The molecule has 2 fully saturated rings. The third-order valence-corrected chi connectivity index (χ3v) is 5.78. The van der Waals surface area contributed by atoms with Crippen molar-refractivity contribution in [3.63, 3.8) is 0 Å². The number of benzene rings is 1. The minimum absolute atomic E-state index is 0.0150. The highest BCUT2D eigenvalue weighted by atomic mass is 16.6. The molecule has 156 valence electrons. The van der Waals surface area contributed by atoms with Gasteiger partial charge in [-0.3, -0.25) is 9.69 Å². The van der Waals surface area contributed by atoms with Crippen molar-refractivity contribution in [2.75, 3.05) is 34.3 Å². The molecule has 29 heavy (non-hydrogen) atoms. The van der Waals surface area contributed by atoms with Gasteiger partial charge in [0.2, 0.25) is 0 Å². The molecule has 0 N–H and O–H groups in total. The van der Waals surface area contributed by atoms with E-state index in [-0.39, 0.29) is 30.6 Å². The number of rotatable bonds is 3. The molecule has 0 aromatic heterocycles. The zero-order chi connectivity index (χ0) is 21.0. The summed E-state index contributed by atoms with van der Waals surface area (Å²) in [4.78, 5) is 28.4. The molecule has 6 heteroatoms. The van der Waals surface area contributed by atoms with E-state index in [0.29, 0.717) is 13.0 Å². The topological polar surface area (TPSA) is 59.1 Å². The van der Waals surface area contributed by atoms with E-state index >= 15 is 0 Å². The monoisotopic (exact) mass is 398 g/mol. The highest BCUT2D eigenvalue weighted by molar-refractivity contribution is 5.73. The van der Waals surface area contributed by atoms with Gasteiger partial charge in [-0.15, -0.1) is 0 Å². The Morgan fingerprint density at radius 2 is 2.10 bits per heavy atom. The average Bonchev–Trinajstić information content (AvgIpc) is 3.11. The van der Waals surface area contributed by atoms with Crippen LogP contribution in [0.15, 0.2) is 24.3 Å². The molecule has 1 saturated carbocycles. The van der Waals surface area contributed by atoms with Crippen molar-refractivity contribution in [1.82, 2.24) is 9.80 Å². The molecule has 1 aromatic rings. The van der Waals surface area contributed by atoms with Crippen LogP contribution in [0.25, 0.3) is 0 Å². The maximum absolute atomic E-state index is 12.6. The Labute approximate surface area is 173 Å². The summed E-state index contributed by atoms with van der Waals surface area (Å²) in [5.74, 6) is 6.29. The van der Waals surface area contributed by atoms with E-state index in [4.69, 9.17) is 9.47 Å². The SMILES string of the molecule is COC(=O)N1CC[C@@H]2[C@H]1CCC[C@]2(C#Cc1cccc(C)c1)OC(=O)CN(C)C. The van der Waals surface area contributed by atoms with Crippen molar-refractivity contribution in [1.29, 1.82) is 0 Å². The van der Waals surface area contributed by atoms with Crippen LogP contribution in [0, 0.1) is 24.7 Å². The first-order chi connectivity index (χ1) is 13.8. The molecule has 1 amide bonds. The largest absolute Gasteiger partial charge is 0.453 e. The molecule has 0 spiro atoms. The number of nitrogens with zero attached hydrogens (tertiary/aromatic N) is 2. The molecule has 3 rings (SSSR count). The molecule has 1 aliphatic heterocycles. The molecule has 3 atom stereocenters. The van der Waals surface area contributed by atoms with E-state index in [9.17, 15) is 9.59 Å². The summed E-state index contributed by atoms with van der Waals surface area (Å²) in [5, 5.41) is 0. The second kappa shape index (κ2) is 8.87. The van der Waals surface area contributed by atoms with Crippen molar-refractivity contribution < 1.29 is 19.1 Å². The van der Waals surface area contributed by atoms with Crippen molar-refractivity contribution in [3.05, 3.63) is 35.4 Å². The quantitative estimate of drug-likeness (QED) is 0.579. The number of esters is 1. The lowest BCUT2D eigenvalue weighted by molar-refractivity contribution is -0.163. The van der Waals surface area contributed by atoms with Crippen LogP contribution in [-0.2, 0) is 14.3 Å². The predicted molar refractivity (Wildman–Crippen MR) is 110 cm³/mol. The standard InChI is InChI=1S/C23H30N2O4/c1-17-7-5-8-18(15-17)10-13-23(29-21(26)16-24(2)3)12-6-9-20-19(23)11-14-25(20)22(27)28-4/h5,7-8,15,19-20H,6,9,11-12,14,16H2,1-4H3/t19-,20-,23-/m1/s1. The first kappa shape index (κ1) is 21.2. The summed E-state index contributed by atoms with van der Waals surface area (Å²) < 4.78 is 11.0. The van der Waals surface area contributed by atoms with Crippen LogP contribution < -0.4 is 0 Å². The minimum Gasteiger partial charge on any atom is -0.453 e. The lowest BCUT2D eigenvalue weighted by Crippen LogP contribution is -2.52. The molecule has 1 aliphatic carbocycles. The van der Waals surface area contributed by atoms with Gasteiger partial charge in [-0.1, -0.05) is 18.1 Å². The maximum atomic E-state index is 12.6. The highest BCUT2D eigenvalue weighted by Crippen LogP contribution is 2.45. The van der Waals surface area contributed by atoms with Crippen molar-refractivity contribution >= 4 is 12.1 Å². The highest BCUT2D eigenvalue weighted by Gasteiger charge is 2.53. The van der Waals surface area contributed by atoms with E-state index in [1.54, 1.807) is 9.80 Å². The van der Waals surface area contributed by atoms with E-state index in [1.165, 1.54) is 7.11 Å². The zero-order valence-electron chi connectivity index (χ0n) is 17.7. The summed E-state index contributed by atoms with van der Waals surface area (Å²) in [5.41, 5.74) is 1.15. The Hall–Kier alpha value is -2.52. The van der Waals surface area contributed by atoms with Crippen molar-refractivity contribution in [2.45, 2.75) is 44.2 Å². The second-order valence-electron chi connectivity index (χ2n) is 8.24.